The molecule has 128 valence electrons. The maximum atomic E-state index is 13.4. The summed E-state index contributed by atoms with van der Waals surface area (Å²) in [7, 11) is -3.79. The van der Waals surface area contributed by atoms with Crippen molar-refractivity contribution < 1.29 is 12.8 Å². The summed E-state index contributed by atoms with van der Waals surface area (Å²) in [6.45, 7) is 2.61. The quantitative estimate of drug-likeness (QED) is 0.830. The molecule has 0 aliphatic carbocycles. The molecule has 2 aromatic rings. The van der Waals surface area contributed by atoms with E-state index in [0.717, 1.165) is 24.2 Å². The summed E-state index contributed by atoms with van der Waals surface area (Å²) < 4.78 is 40.1. The summed E-state index contributed by atoms with van der Waals surface area (Å²) in [4.78, 5) is 6.07. The Morgan fingerprint density at radius 3 is 2.58 bits per heavy atom. The molecule has 1 aromatic heterocycles. The molecule has 1 aliphatic rings. The molecule has 5 nitrogen and oxygen atoms in total. The van der Waals surface area contributed by atoms with Gasteiger partial charge in [0.05, 0.1) is 5.02 Å². The first kappa shape index (κ1) is 17.3. The number of pyridine rings is 1. The van der Waals surface area contributed by atoms with Crippen LogP contribution < -0.4 is 0 Å². The van der Waals surface area contributed by atoms with E-state index in [4.69, 9.17) is 11.6 Å². The third kappa shape index (κ3) is 3.75. The molecule has 1 fully saturated rings. The fraction of sp³-hybridized carbons (Fsp3) is 0.312. The predicted molar refractivity (Wildman–Crippen MR) is 89.7 cm³/mol. The van der Waals surface area contributed by atoms with Crippen LogP contribution in [0.5, 0.6) is 0 Å². The summed E-state index contributed by atoms with van der Waals surface area (Å²) in [6, 6.07) is 7.25. The Labute approximate surface area is 145 Å². The van der Waals surface area contributed by atoms with Crippen molar-refractivity contribution in [2.75, 3.05) is 26.2 Å². The highest BCUT2D eigenvalue weighted by molar-refractivity contribution is 7.89. The number of sulfonamides is 1. The van der Waals surface area contributed by atoms with Gasteiger partial charge in [0.1, 0.15) is 10.7 Å². The van der Waals surface area contributed by atoms with Gasteiger partial charge in [0, 0.05) is 45.1 Å². The minimum Gasteiger partial charge on any atom is -0.296 e. The van der Waals surface area contributed by atoms with Crippen LogP contribution in [0.3, 0.4) is 0 Å². The van der Waals surface area contributed by atoms with E-state index in [1.165, 1.54) is 10.4 Å². The number of hydrogen-bond acceptors (Lipinski definition) is 4. The zero-order valence-corrected chi connectivity index (χ0v) is 14.5. The third-order valence-electron chi connectivity index (χ3n) is 3.97. The van der Waals surface area contributed by atoms with E-state index in [9.17, 15) is 12.8 Å². The van der Waals surface area contributed by atoms with Crippen LogP contribution >= 0.6 is 11.6 Å². The van der Waals surface area contributed by atoms with Gasteiger partial charge in [-0.25, -0.2) is 12.8 Å². The van der Waals surface area contributed by atoms with Crippen LogP contribution in [0.4, 0.5) is 4.39 Å². The zero-order chi connectivity index (χ0) is 17.2. The van der Waals surface area contributed by atoms with Crippen molar-refractivity contribution in [1.82, 2.24) is 14.2 Å². The molecule has 2 heterocycles. The smallest absolute Gasteiger partial charge is 0.244 e. The summed E-state index contributed by atoms with van der Waals surface area (Å²) in [5, 5.41) is 0.0363. The molecule has 0 amide bonds. The highest BCUT2D eigenvalue weighted by Crippen LogP contribution is 2.26. The Kier molecular flexibility index (Phi) is 5.15. The molecule has 0 atom stereocenters. The maximum Gasteiger partial charge on any atom is 0.244 e. The molecule has 24 heavy (non-hydrogen) atoms. The monoisotopic (exact) mass is 369 g/mol. The van der Waals surface area contributed by atoms with Crippen molar-refractivity contribution in [3.63, 3.8) is 0 Å². The first-order valence-electron chi connectivity index (χ1n) is 7.53. The predicted octanol–water partition coefficient (Wildman–Crippen LogP) is 2.38. The molecule has 1 saturated heterocycles. The number of halogens is 2. The minimum atomic E-state index is -3.79. The lowest BCUT2D eigenvalue weighted by Gasteiger charge is -2.34. The second kappa shape index (κ2) is 7.14. The third-order valence-corrected chi connectivity index (χ3v) is 6.35. The number of hydrogen-bond donors (Lipinski definition) is 0. The van der Waals surface area contributed by atoms with E-state index in [0.29, 0.717) is 26.2 Å². The lowest BCUT2D eigenvalue weighted by Crippen LogP contribution is -2.48. The standard InChI is InChI=1S/C16H17ClFN3O2S/c17-15-4-3-14(18)10-16(15)24(22,23)21-8-6-20(7-9-21)12-13-2-1-5-19-11-13/h1-5,10-11H,6-9,12H2. The summed E-state index contributed by atoms with van der Waals surface area (Å²) in [5.74, 6) is -0.617. The van der Waals surface area contributed by atoms with E-state index in [-0.39, 0.29) is 9.92 Å². The molecule has 0 radical (unpaired) electrons. The van der Waals surface area contributed by atoms with Gasteiger partial charge in [-0.1, -0.05) is 17.7 Å². The minimum absolute atomic E-state index is 0.0363. The van der Waals surface area contributed by atoms with Crippen LogP contribution in [0.15, 0.2) is 47.6 Å². The number of benzene rings is 1. The van der Waals surface area contributed by atoms with Crippen LogP contribution in [0.2, 0.25) is 5.02 Å². The highest BCUT2D eigenvalue weighted by Gasteiger charge is 2.30. The van der Waals surface area contributed by atoms with Gasteiger partial charge in [-0.15, -0.1) is 0 Å². The molecule has 0 N–H and O–H groups in total. The van der Waals surface area contributed by atoms with Gasteiger partial charge in [-0.2, -0.15) is 4.31 Å². The van der Waals surface area contributed by atoms with Crippen molar-refractivity contribution in [2.24, 2.45) is 0 Å². The Hall–Kier alpha value is -1.54. The van der Waals surface area contributed by atoms with Crippen molar-refractivity contribution in [3.05, 3.63) is 59.1 Å². The average Bonchev–Trinajstić information content (AvgIpc) is 2.58. The fourth-order valence-corrected chi connectivity index (χ4v) is 4.60. The van der Waals surface area contributed by atoms with Crippen LogP contribution in [-0.2, 0) is 16.6 Å². The van der Waals surface area contributed by atoms with Gasteiger partial charge < -0.3 is 0 Å². The van der Waals surface area contributed by atoms with Gasteiger partial charge in [-0.3, -0.25) is 9.88 Å². The largest absolute Gasteiger partial charge is 0.296 e. The van der Waals surface area contributed by atoms with Gasteiger partial charge in [0.25, 0.3) is 0 Å². The van der Waals surface area contributed by atoms with Crippen molar-refractivity contribution in [1.29, 1.82) is 0 Å². The average molecular weight is 370 g/mol. The molecule has 1 aromatic carbocycles. The van der Waals surface area contributed by atoms with Crippen LogP contribution in [-0.4, -0.2) is 48.8 Å². The van der Waals surface area contributed by atoms with Gasteiger partial charge in [0.15, 0.2) is 0 Å². The summed E-state index contributed by atoms with van der Waals surface area (Å²) in [5.41, 5.74) is 1.09. The topological polar surface area (TPSA) is 53.5 Å². The first-order chi connectivity index (χ1) is 11.5. The number of piperazine rings is 1. The fourth-order valence-electron chi connectivity index (χ4n) is 2.69. The van der Waals surface area contributed by atoms with Gasteiger partial charge in [-0.05, 0) is 29.8 Å². The van der Waals surface area contributed by atoms with E-state index < -0.39 is 15.8 Å². The zero-order valence-electron chi connectivity index (χ0n) is 12.9. The Morgan fingerprint density at radius 1 is 1.17 bits per heavy atom. The Morgan fingerprint density at radius 2 is 1.92 bits per heavy atom. The molecule has 0 spiro atoms. The molecule has 0 bridgehead atoms. The van der Waals surface area contributed by atoms with Crippen LogP contribution in [0.25, 0.3) is 0 Å². The van der Waals surface area contributed by atoms with Crippen LogP contribution in [0.1, 0.15) is 5.56 Å². The van der Waals surface area contributed by atoms with Gasteiger partial charge >= 0.3 is 0 Å². The second-order valence-electron chi connectivity index (χ2n) is 5.62. The second-order valence-corrected chi connectivity index (χ2v) is 7.93. The molecule has 1 aliphatic heterocycles. The van der Waals surface area contributed by atoms with E-state index in [1.54, 1.807) is 12.4 Å². The summed E-state index contributed by atoms with van der Waals surface area (Å²) in [6.07, 6.45) is 3.52. The number of aromatic nitrogens is 1. The van der Waals surface area contributed by atoms with E-state index in [2.05, 4.69) is 9.88 Å². The number of nitrogens with zero attached hydrogens (tertiary/aromatic N) is 3. The first-order valence-corrected chi connectivity index (χ1v) is 9.35. The normalized spacial score (nSPS) is 17.1. The van der Waals surface area contributed by atoms with E-state index >= 15 is 0 Å². The molecule has 3 rings (SSSR count). The van der Waals surface area contributed by atoms with E-state index in [1.807, 2.05) is 12.1 Å². The highest BCUT2D eigenvalue weighted by atomic mass is 35.5. The van der Waals surface area contributed by atoms with Crippen molar-refractivity contribution >= 4 is 21.6 Å². The molecule has 8 heteroatoms. The Balaban J connectivity index is 1.68. The number of rotatable bonds is 4. The molecule has 0 saturated carbocycles. The van der Waals surface area contributed by atoms with Crippen molar-refractivity contribution in [2.45, 2.75) is 11.4 Å². The van der Waals surface area contributed by atoms with Crippen LogP contribution in [0, 0.1) is 5.82 Å². The lowest BCUT2D eigenvalue weighted by molar-refractivity contribution is 0.181. The molecular formula is C16H17ClFN3O2S. The SMILES string of the molecule is O=S(=O)(c1cc(F)ccc1Cl)N1CCN(Cc2cccnc2)CC1. The Bertz CT molecular complexity index is 809. The molecule has 0 unspecified atom stereocenters. The lowest BCUT2D eigenvalue weighted by atomic mass is 10.2. The maximum absolute atomic E-state index is 13.4. The van der Waals surface area contributed by atoms with Crippen molar-refractivity contribution in [3.8, 4) is 0 Å². The molecular weight excluding hydrogens is 353 g/mol. The summed E-state index contributed by atoms with van der Waals surface area (Å²) >= 11 is 5.95. The van der Waals surface area contributed by atoms with Gasteiger partial charge in [0.2, 0.25) is 10.0 Å².